The van der Waals surface area contributed by atoms with Crippen LogP contribution in [0.3, 0.4) is 0 Å². The quantitative estimate of drug-likeness (QED) is 0.765. The van der Waals surface area contributed by atoms with Gasteiger partial charge in [0.05, 0.1) is 12.1 Å². The van der Waals surface area contributed by atoms with E-state index in [2.05, 4.69) is 84.5 Å². The van der Waals surface area contributed by atoms with E-state index < -0.39 is 0 Å². The van der Waals surface area contributed by atoms with Gasteiger partial charge in [-0.25, -0.2) is 0 Å². The second-order valence-corrected chi connectivity index (χ2v) is 6.41. The highest BCUT2D eigenvalue weighted by Gasteiger charge is 2.33. The number of hydrogen-bond donors (Lipinski definition) is 0. The standard InChI is InChI=1S/C17H26N4/c1-18(2)14-6-10-20-8-5-9-21-11-7-15(19(3)4)13-17(21)16(20)12-14/h6-7,10-13,16-17H,5,8-9H2,1-4H3. The van der Waals surface area contributed by atoms with Crippen LogP contribution < -0.4 is 0 Å². The van der Waals surface area contributed by atoms with Gasteiger partial charge >= 0.3 is 0 Å². The average Bonchev–Trinajstić information content (AvgIpc) is 2.65. The van der Waals surface area contributed by atoms with Crippen molar-refractivity contribution in [1.82, 2.24) is 19.6 Å². The molecule has 3 aliphatic rings. The van der Waals surface area contributed by atoms with Crippen molar-refractivity contribution >= 4 is 0 Å². The number of allylic oxidation sites excluding steroid dienone is 2. The Hall–Kier alpha value is -1.84. The van der Waals surface area contributed by atoms with Crippen LogP contribution in [0.25, 0.3) is 0 Å². The van der Waals surface area contributed by atoms with Gasteiger partial charge in [0.2, 0.25) is 0 Å². The first kappa shape index (κ1) is 14.1. The number of hydrogen-bond acceptors (Lipinski definition) is 4. The second-order valence-electron chi connectivity index (χ2n) is 6.41. The van der Waals surface area contributed by atoms with Crippen LogP contribution >= 0.6 is 0 Å². The fourth-order valence-corrected chi connectivity index (χ4v) is 3.26. The maximum atomic E-state index is 2.49. The van der Waals surface area contributed by atoms with E-state index in [1.54, 1.807) is 0 Å². The first-order valence-corrected chi connectivity index (χ1v) is 7.72. The largest absolute Gasteiger partial charge is 0.378 e. The third kappa shape index (κ3) is 2.67. The lowest BCUT2D eigenvalue weighted by atomic mass is 9.99. The summed E-state index contributed by atoms with van der Waals surface area (Å²) in [7, 11) is 8.45. The van der Waals surface area contributed by atoms with Gasteiger partial charge in [-0.1, -0.05) is 0 Å². The Morgan fingerprint density at radius 2 is 1.24 bits per heavy atom. The van der Waals surface area contributed by atoms with Gasteiger partial charge in [0.1, 0.15) is 0 Å². The summed E-state index contributed by atoms with van der Waals surface area (Å²) in [6.45, 7) is 2.26. The van der Waals surface area contributed by atoms with Crippen LogP contribution in [0.4, 0.5) is 0 Å². The van der Waals surface area contributed by atoms with E-state index in [-0.39, 0.29) is 0 Å². The summed E-state index contributed by atoms with van der Waals surface area (Å²) >= 11 is 0. The van der Waals surface area contributed by atoms with Gasteiger partial charge in [-0.15, -0.1) is 0 Å². The molecular formula is C17H26N4. The molecule has 0 N–H and O–H groups in total. The SMILES string of the molecule is CN(C)C1=CC2C3C=C(N(C)C)C=CN3CCCN2C=C1. The molecule has 4 heteroatoms. The number of rotatable bonds is 2. The fraction of sp³-hybridized carbons (Fsp3) is 0.529. The normalized spacial score (nSPS) is 27.4. The molecule has 1 saturated heterocycles. The van der Waals surface area contributed by atoms with E-state index >= 15 is 0 Å². The molecule has 2 unspecified atom stereocenters. The lowest BCUT2D eigenvalue weighted by molar-refractivity contribution is 0.239. The maximum absolute atomic E-state index is 2.49. The number of likely N-dealkylation sites (N-methyl/N-ethyl adjacent to an activating group) is 2. The highest BCUT2D eigenvalue weighted by Crippen LogP contribution is 2.28. The van der Waals surface area contributed by atoms with E-state index in [1.165, 1.54) is 17.8 Å². The van der Waals surface area contributed by atoms with E-state index in [1.807, 2.05) is 0 Å². The van der Waals surface area contributed by atoms with Crippen LogP contribution in [-0.2, 0) is 0 Å². The lowest BCUT2D eigenvalue weighted by Gasteiger charge is -2.40. The molecule has 0 aromatic rings. The summed E-state index contributed by atoms with van der Waals surface area (Å²) in [6.07, 6.45) is 15.0. The molecule has 1 fully saturated rings. The van der Waals surface area contributed by atoms with Gasteiger partial charge in [0.15, 0.2) is 0 Å². The molecule has 0 saturated carbocycles. The van der Waals surface area contributed by atoms with Crippen LogP contribution in [-0.4, -0.2) is 73.0 Å². The van der Waals surface area contributed by atoms with Gasteiger partial charge in [-0.2, -0.15) is 0 Å². The average molecular weight is 286 g/mol. The van der Waals surface area contributed by atoms with Crippen molar-refractivity contribution in [3.8, 4) is 0 Å². The minimum Gasteiger partial charge on any atom is -0.378 e. The summed E-state index contributed by atoms with van der Waals surface area (Å²) < 4.78 is 0. The van der Waals surface area contributed by atoms with Crippen LogP contribution in [0.2, 0.25) is 0 Å². The molecule has 3 aliphatic heterocycles. The Morgan fingerprint density at radius 3 is 1.62 bits per heavy atom. The zero-order chi connectivity index (χ0) is 15.0. The molecule has 0 radical (unpaired) electrons. The zero-order valence-electron chi connectivity index (χ0n) is 13.5. The predicted octanol–water partition coefficient (Wildman–Crippen LogP) is 1.68. The number of nitrogens with zero attached hydrogens (tertiary/aromatic N) is 4. The molecule has 0 aliphatic carbocycles. The minimum atomic E-state index is 0.412. The zero-order valence-corrected chi connectivity index (χ0v) is 13.5. The Bertz CT molecular complexity index is 467. The van der Waals surface area contributed by atoms with Gasteiger partial charge in [-0.05, 0) is 30.7 Å². The Balaban J connectivity index is 1.94. The van der Waals surface area contributed by atoms with Crippen LogP contribution in [0.15, 0.2) is 48.1 Å². The molecule has 0 aromatic carbocycles. The molecule has 21 heavy (non-hydrogen) atoms. The van der Waals surface area contributed by atoms with E-state index in [9.17, 15) is 0 Å². The molecule has 0 spiro atoms. The molecule has 0 bridgehead atoms. The van der Waals surface area contributed by atoms with E-state index in [0.29, 0.717) is 12.1 Å². The number of fused-ring (bicyclic) bond motifs is 3. The third-order valence-corrected chi connectivity index (χ3v) is 4.54. The van der Waals surface area contributed by atoms with Crippen molar-refractivity contribution in [2.45, 2.75) is 18.5 Å². The van der Waals surface area contributed by atoms with Crippen LogP contribution in [0.1, 0.15) is 6.42 Å². The van der Waals surface area contributed by atoms with Crippen molar-refractivity contribution in [2.75, 3.05) is 41.3 Å². The molecule has 0 aromatic heterocycles. The summed E-state index contributed by atoms with van der Waals surface area (Å²) in [5, 5.41) is 0. The van der Waals surface area contributed by atoms with Crippen molar-refractivity contribution in [2.24, 2.45) is 0 Å². The van der Waals surface area contributed by atoms with Gasteiger partial charge in [0, 0.05) is 65.1 Å². The molecule has 2 atom stereocenters. The van der Waals surface area contributed by atoms with Crippen molar-refractivity contribution in [3.05, 3.63) is 48.1 Å². The Morgan fingerprint density at radius 1 is 0.810 bits per heavy atom. The summed E-state index contributed by atoms with van der Waals surface area (Å²) in [5.74, 6) is 0. The van der Waals surface area contributed by atoms with Crippen LogP contribution in [0.5, 0.6) is 0 Å². The topological polar surface area (TPSA) is 13.0 Å². The minimum absolute atomic E-state index is 0.412. The predicted molar refractivity (Wildman–Crippen MR) is 87.4 cm³/mol. The summed E-state index contributed by atoms with van der Waals surface area (Å²) in [6, 6.07) is 0.824. The molecule has 3 rings (SSSR count). The highest BCUT2D eigenvalue weighted by atomic mass is 15.3. The molecule has 3 heterocycles. The second kappa shape index (κ2) is 5.51. The molecule has 114 valence electrons. The third-order valence-electron chi connectivity index (χ3n) is 4.54. The Labute approximate surface area is 128 Å². The Kier molecular flexibility index (Phi) is 3.70. The summed E-state index contributed by atoms with van der Waals surface area (Å²) in [4.78, 5) is 9.36. The van der Waals surface area contributed by atoms with Crippen molar-refractivity contribution in [3.63, 3.8) is 0 Å². The monoisotopic (exact) mass is 286 g/mol. The molecular weight excluding hydrogens is 260 g/mol. The van der Waals surface area contributed by atoms with E-state index in [4.69, 9.17) is 0 Å². The van der Waals surface area contributed by atoms with Crippen molar-refractivity contribution in [1.29, 1.82) is 0 Å². The van der Waals surface area contributed by atoms with Crippen LogP contribution in [0, 0.1) is 0 Å². The first-order chi connectivity index (χ1) is 10.1. The van der Waals surface area contributed by atoms with Gasteiger partial charge in [-0.3, -0.25) is 0 Å². The van der Waals surface area contributed by atoms with Gasteiger partial charge < -0.3 is 19.6 Å². The molecule has 4 nitrogen and oxygen atoms in total. The highest BCUT2D eigenvalue weighted by molar-refractivity contribution is 5.32. The fourth-order valence-electron chi connectivity index (χ4n) is 3.26. The molecule has 0 amide bonds. The smallest absolute Gasteiger partial charge is 0.0730 e. The lowest BCUT2D eigenvalue weighted by Crippen LogP contribution is -2.46. The van der Waals surface area contributed by atoms with E-state index in [0.717, 1.165) is 13.1 Å². The van der Waals surface area contributed by atoms with Gasteiger partial charge in [0.25, 0.3) is 0 Å². The first-order valence-electron chi connectivity index (χ1n) is 7.72. The summed E-state index contributed by atoms with van der Waals surface area (Å²) in [5.41, 5.74) is 2.60. The maximum Gasteiger partial charge on any atom is 0.0730 e. The van der Waals surface area contributed by atoms with Crippen molar-refractivity contribution < 1.29 is 0 Å².